The smallest absolute Gasteiger partial charge is 0.263 e. The van der Waals surface area contributed by atoms with Gasteiger partial charge in [-0.2, -0.15) is 0 Å². The number of hydrogen-bond acceptors (Lipinski definition) is 4. The fourth-order valence-corrected chi connectivity index (χ4v) is 3.02. The summed E-state index contributed by atoms with van der Waals surface area (Å²) in [4.78, 5) is 28.9. The van der Waals surface area contributed by atoms with E-state index < -0.39 is 0 Å². The van der Waals surface area contributed by atoms with Crippen molar-refractivity contribution in [3.8, 4) is 0 Å². The van der Waals surface area contributed by atoms with E-state index >= 15 is 0 Å². The average Bonchev–Trinajstić information content (AvgIpc) is 3.02. The van der Waals surface area contributed by atoms with E-state index in [9.17, 15) is 9.59 Å². The highest BCUT2D eigenvalue weighted by Crippen LogP contribution is 2.26. The molecule has 24 heavy (non-hydrogen) atoms. The minimum absolute atomic E-state index is 0.0773. The number of halogens is 1. The van der Waals surface area contributed by atoms with Crippen molar-refractivity contribution in [1.82, 2.24) is 15.6 Å². The quantitative estimate of drug-likeness (QED) is 0.799. The summed E-state index contributed by atoms with van der Waals surface area (Å²) in [6, 6.07) is 6.83. The van der Waals surface area contributed by atoms with Crippen LogP contribution in [0.3, 0.4) is 0 Å². The summed E-state index contributed by atoms with van der Waals surface area (Å²) in [5.74, 6) is -0.447. The normalized spacial score (nSPS) is 11.2. The summed E-state index contributed by atoms with van der Waals surface area (Å²) in [5, 5.41) is 6.81. The number of hydrogen-bond donors (Lipinski definition) is 2. The first-order valence-corrected chi connectivity index (χ1v) is 8.75. The lowest BCUT2D eigenvalue weighted by Gasteiger charge is -2.13. The zero-order valence-corrected chi connectivity index (χ0v) is 15.4. The second-order valence-corrected chi connectivity index (χ2v) is 7.71. The van der Waals surface area contributed by atoms with Crippen molar-refractivity contribution in [2.75, 3.05) is 13.1 Å². The minimum atomic E-state index is -0.261. The van der Waals surface area contributed by atoms with Crippen LogP contribution < -0.4 is 10.6 Å². The maximum Gasteiger partial charge on any atom is 0.263 e. The van der Waals surface area contributed by atoms with E-state index in [2.05, 4.69) is 36.4 Å². The second-order valence-electron chi connectivity index (χ2n) is 6.27. The van der Waals surface area contributed by atoms with Crippen LogP contribution in [-0.4, -0.2) is 29.9 Å². The van der Waals surface area contributed by atoms with Gasteiger partial charge in [-0.05, 0) is 12.1 Å². The van der Waals surface area contributed by atoms with E-state index in [1.165, 1.54) is 11.3 Å². The van der Waals surface area contributed by atoms with E-state index in [1.54, 1.807) is 30.5 Å². The molecule has 1 heterocycles. The lowest BCUT2D eigenvalue weighted by molar-refractivity contribution is 0.0929. The molecule has 0 fully saturated rings. The van der Waals surface area contributed by atoms with Gasteiger partial charge in [-0.15, -0.1) is 11.3 Å². The van der Waals surface area contributed by atoms with E-state index in [1.807, 2.05) is 0 Å². The highest BCUT2D eigenvalue weighted by atomic mass is 35.5. The number of benzene rings is 1. The third-order valence-corrected chi connectivity index (χ3v) is 4.94. The van der Waals surface area contributed by atoms with Crippen LogP contribution in [0.1, 0.15) is 45.8 Å². The molecule has 2 rings (SSSR count). The fourth-order valence-electron chi connectivity index (χ4n) is 1.91. The first-order valence-electron chi connectivity index (χ1n) is 7.56. The Bertz CT molecular complexity index is 737. The maximum atomic E-state index is 12.1. The predicted octanol–water partition coefficient (Wildman–Crippen LogP) is 3.25. The Kier molecular flexibility index (Phi) is 5.96. The Morgan fingerprint density at radius 3 is 2.33 bits per heavy atom. The van der Waals surface area contributed by atoms with Crippen molar-refractivity contribution in [2.24, 2.45) is 0 Å². The van der Waals surface area contributed by atoms with Crippen molar-refractivity contribution in [1.29, 1.82) is 0 Å². The van der Waals surface area contributed by atoms with Crippen molar-refractivity contribution in [2.45, 2.75) is 26.2 Å². The Hall–Kier alpha value is -1.92. The van der Waals surface area contributed by atoms with Gasteiger partial charge in [0.2, 0.25) is 0 Å². The molecule has 2 amide bonds. The standard InChI is InChI=1S/C17H20ClN3O2S/c1-17(2,3)16-21-10-13(24-16)15(23)20-9-8-19-14(22)11-6-4-5-7-12(11)18/h4-7,10H,8-9H2,1-3H3,(H,19,22)(H,20,23). The molecule has 0 aliphatic carbocycles. The molecule has 5 nitrogen and oxygen atoms in total. The number of carbonyl (C=O) groups excluding carboxylic acids is 2. The van der Waals surface area contributed by atoms with Crippen LogP contribution in [0.25, 0.3) is 0 Å². The van der Waals surface area contributed by atoms with Gasteiger partial charge in [0.15, 0.2) is 0 Å². The van der Waals surface area contributed by atoms with Gasteiger partial charge in [-0.1, -0.05) is 44.5 Å². The van der Waals surface area contributed by atoms with Gasteiger partial charge in [0.05, 0.1) is 21.8 Å². The largest absolute Gasteiger partial charge is 0.350 e. The van der Waals surface area contributed by atoms with Crippen LogP contribution in [-0.2, 0) is 5.41 Å². The van der Waals surface area contributed by atoms with Gasteiger partial charge in [-0.3, -0.25) is 9.59 Å². The van der Waals surface area contributed by atoms with Crippen LogP contribution in [0.5, 0.6) is 0 Å². The molecule has 0 atom stereocenters. The number of thiazole rings is 1. The third-order valence-electron chi connectivity index (χ3n) is 3.19. The van der Waals surface area contributed by atoms with Crippen molar-refractivity contribution < 1.29 is 9.59 Å². The predicted molar refractivity (Wildman–Crippen MR) is 96.9 cm³/mol. The van der Waals surface area contributed by atoms with Crippen LogP contribution in [0.15, 0.2) is 30.5 Å². The molecule has 1 aromatic carbocycles. The van der Waals surface area contributed by atoms with Gasteiger partial charge in [0.1, 0.15) is 4.88 Å². The first kappa shape index (κ1) is 18.4. The molecule has 0 spiro atoms. The Morgan fingerprint density at radius 1 is 1.12 bits per heavy atom. The molecule has 7 heteroatoms. The molecule has 0 saturated carbocycles. The average molecular weight is 366 g/mol. The van der Waals surface area contributed by atoms with Crippen LogP contribution in [0.4, 0.5) is 0 Å². The number of nitrogens with one attached hydrogen (secondary N) is 2. The van der Waals surface area contributed by atoms with Crippen LogP contribution in [0.2, 0.25) is 5.02 Å². The van der Waals surface area contributed by atoms with Gasteiger partial charge in [0.25, 0.3) is 11.8 Å². The molecule has 0 unspecified atom stereocenters. The molecule has 0 aliphatic rings. The molecular weight excluding hydrogens is 346 g/mol. The minimum Gasteiger partial charge on any atom is -0.350 e. The van der Waals surface area contributed by atoms with Crippen LogP contribution >= 0.6 is 22.9 Å². The molecule has 0 bridgehead atoms. The second kappa shape index (κ2) is 7.77. The third kappa shape index (κ3) is 4.79. The zero-order chi connectivity index (χ0) is 17.7. The van der Waals surface area contributed by atoms with E-state index in [4.69, 9.17) is 11.6 Å². The summed E-state index contributed by atoms with van der Waals surface area (Å²) in [6.07, 6.45) is 1.59. The lowest BCUT2D eigenvalue weighted by Crippen LogP contribution is -2.34. The zero-order valence-electron chi connectivity index (χ0n) is 13.9. The van der Waals surface area contributed by atoms with Crippen molar-refractivity contribution in [3.63, 3.8) is 0 Å². The molecule has 0 aliphatic heterocycles. The highest BCUT2D eigenvalue weighted by molar-refractivity contribution is 7.13. The topological polar surface area (TPSA) is 71.1 Å². The van der Waals surface area contributed by atoms with E-state index in [0.717, 1.165) is 5.01 Å². The summed E-state index contributed by atoms with van der Waals surface area (Å²) in [5.41, 5.74) is 0.342. The van der Waals surface area contributed by atoms with Gasteiger partial charge >= 0.3 is 0 Å². The molecule has 2 N–H and O–H groups in total. The number of amides is 2. The number of carbonyl (C=O) groups is 2. The maximum absolute atomic E-state index is 12.1. The molecule has 1 aromatic heterocycles. The highest BCUT2D eigenvalue weighted by Gasteiger charge is 2.20. The van der Waals surface area contributed by atoms with Gasteiger partial charge < -0.3 is 10.6 Å². The Balaban J connectivity index is 1.80. The molecule has 0 radical (unpaired) electrons. The summed E-state index contributed by atoms with van der Waals surface area (Å²) in [6.45, 7) is 6.81. The monoisotopic (exact) mass is 365 g/mol. The lowest BCUT2D eigenvalue weighted by atomic mass is 9.98. The van der Waals surface area contributed by atoms with Gasteiger partial charge in [0, 0.05) is 18.5 Å². The van der Waals surface area contributed by atoms with E-state index in [0.29, 0.717) is 28.6 Å². The molecular formula is C17H20ClN3O2S. The number of aromatic nitrogens is 1. The molecule has 0 saturated heterocycles. The van der Waals surface area contributed by atoms with Crippen LogP contribution in [0, 0.1) is 0 Å². The SMILES string of the molecule is CC(C)(C)c1ncc(C(=O)NCCNC(=O)c2ccccc2Cl)s1. The Morgan fingerprint density at radius 2 is 1.75 bits per heavy atom. The summed E-state index contributed by atoms with van der Waals surface area (Å²) < 4.78 is 0. The van der Waals surface area contributed by atoms with Gasteiger partial charge in [-0.25, -0.2) is 4.98 Å². The van der Waals surface area contributed by atoms with Crippen molar-refractivity contribution >= 4 is 34.8 Å². The van der Waals surface area contributed by atoms with Crippen molar-refractivity contribution in [3.05, 3.63) is 50.9 Å². The van der Waals surface area contributed by atoms with E-state index in [-0.39, 0.29) is 17.2 Å². The molecule has 128 valence electrons. The Labute approximate surface area is 150 Å². The summed E-state index contributed by atoms with van der Waals surface area (Å²) in [7, 11) is 0. The number of rotatable bonds is 5. The number of nitrogens with zero attached hydrogens (tertiary/aromatic N) is 1. The summed E-state index contributed by atoms with van der Waals surface area (Å²) >= 11 is 7.35. The fraction of sp³-hybridized carbons (Fsp3) is 0.353. The first-order chi connectivity index (χ1) is 11.3. The molecule has 2 aromatic rings.